The Morgan fingerprint density at radius 2 is 1.69 bits per heavy atom. The third-order valence-electron chi connectivity index (χ3n) is 6.70. The molecule has 0 radical (unpaired) electrons. The maximum Gasteiger partial charge on any atom is 0.308 e. The number of halogens is 1. The molecular weight excluding hydrogens is 499 g/mol. The van der Waals surface area contributed by atoms with Crippen molar-refractivity contribution in [1.29, 1.82) is 0 Å². The van der Waals surface area contributed by atoms with Crippen LogP contribution >= 0.6 is 0 Å². The van der Waals surface area contributed by atoms with E-state index in [-0.39, 0.29) is 36.6 Å². The summed E-state index contributed by atoms with van der Waals surface area (Å²) in [6.07, 6.45) is 2.71. The number of esters is 1. The minimum Gasteiger partial charge on any atom is -0.469 e. The van der Waals surface area contributed by atoms with Gasteiger partial charge in [-0.2, -0.15) is 0 Å². The second-order valence-corrected chi connectivity index (χ2v) is 10.2. The highest BCUT2D eigenvalue weighted by Gasteiger charge is 2.32. The van der Waals surface area contributed by atoms with Gasteiger partial charge in [-0.25, -0.2) is 4.39 Å². The molecule has 1 saturated carbocycles. The van der Waals surface area contributed by atoms with Crippen molar-refractivity contribution in [3.63, 3.8) is 0 Å². The Labute approximate surface area is 227 Å². The monoisotopic (exact) mass is 534 g/mol. The minimum atomic E-state index is -1.08. The molecule has 4 rings (SSSR count). The highest BCUT2D eigenvalue weighted by atomic mass is 19.1. The predicted molar refractivity (Wildman–Crippen MR) is 148 cm³/mol. The number of ether oxygens (including phenoxy) is 1. The molecule has 3 N–H and O–H groups in total. The highest BCUT2D eigenvalue weighted by Crippen LogP contribution is 2.42. The summed E-state index contributed by atoms with van der Waals surface area (Å²) in [6, 6.07) is 15.7. The maximum absolute atomic E-state index is 13.9. The molecule has 0 unspecified atom stereocenters. The van der Waals surface area contributed by atoms with E-state index < -0.39 is 18.2 Å². The first-order chi connectivity index (χ1) is 18.7. The number of nitrogens with one attached hydrogen (secondary N) is 1. The average molecular weight is 535 g/mol. The zero-order valence-corrected chi connectivity index (χ0v) is 22.4. The number of rotatable bonds is 11. The van der Waals surface area contributed by atoms with Crippen LogP contribution < -0.4 is 5.32 Å². The summed E-state index contributed by atoms with van der Waals surface area (Å²) in [5.41, 5.74) is 4.15. The summed E-state index contributed by atoms with van der Waals surface area (Å²) in [4.78, 5) is 25.2. The maximum atomic E-state index is 13.9. The van der Waals surface area contributed by atoms with Crippen molar-refractivity contribution in [3.8, 4) is 22.3 Å². The van der Waals surface area contributed by atoms with Gasteiger partial charge in [-0.3, -0.25) is 9.59 Å². The largest absolute Gasteiger partial charge is 0.469 e. The fraction of sp³-hybridized carbons (Fsp3) is 0.355. The lowest BCUT2D eigenvalue weighted by Gasteiger charge is -2.17. The van der Waals surface area contributed by atoms with E-state index in [9.17, 15) is 24.2 Å². The fourth-order valence-corrected chi connectivity index (χ4v) is 4.73. The number of hydrogen-bond donors (Lipinski definition) is 3. The first-order valence-electron chi connectivity index (χ1n) is 13.2. The lowest BCUT2D eigenvalue weighted by molar-refractivity contribution is -0.143. The number of benzene rings is 2. The molecule has 0 aliphatic heterocycles. The quantitative estimate of drug-likeness (QED) is 0.297. The summed E-state index contributed by atoms with van der Waals surface area (Å²) in [5, 5.41) is 24.0. The summed E-state index contributed by atoms with van der Waals surface area (Å²) in [6.45, 7) is 3.95. The van der Waals surface area contributed by atoms with E-state index in [1.54, 1.807) is 24.3 Å². The molecule has 1 amide bonds. The molecule has 206 valence electrons. The predicted octanol–water partition coefficient (Wildman–Crippen LogP) is 5.12. The van der Waals surface area contributed by atoms with Gasteiger partial charge in [0.25, 0.3) is 5.91 Å². The van der Waals surface area contributed by atoms with Crippen LogP contribution in [0.3, 0.4) is 0 Å². The number of nitrogens with zero attached hydrogens (tertiary/aromatic N) is 1. The van der Waals surface area contributed by atoms with Crippen LogP contribution in [-0.2, 0) is 9.53 Å². The normalized spacial score (nSPS) is 14.9. The Bertz CT molecular complexity index is 1330. The molecule has 2 atom stereocenters. The van der Waals surface area contributed by atoms with Gasteiger partial charge in [0.05, 0.1) is 25.7 Å². The van der Waals surface area contributed by atoms with E-state index in [4.69, 9.17) is 0 Å². The van der Waals surface area contributed by atoms with Gasteiger partial charge in [-0.15, -0.1) is 0 Å². The molecule has 1 heterocycles. The van der Waals surface area contributed by atoms with Gasteiger partial charge in [0, 0.05) is 35.3 Å². The lowest BCUT2D eigenvalue weighted by atomic mass is 9.94. The van der Waals surface area contributed by atoms with Crippen LogP contribution in [0.5, 0.6) is 0 Å². The van der Waals surface area contributed by atoms with E-state index in [0.29, 0.717) is 17.0 Å². The molecule has 0 spiro atoms. The van der Waals surface area contributed by atoms with Gasteiger partial charge in [0.15, 0.2) is 0 Å². The van der Waals surface area contributed by atoms with Crippen molar-refractivity contribution in [1.82, 2.24) is 9.88 Å². The number of aliphatic hydroxyl groups is 2. The molecule has 1 aliphatic rings. The summed E-state index contributed by atoms with van der Waals surface area (Å²) >= 11 is 0. The molecule has 3 aromatic rings. The smallest absolute Gasteiger partial charge is 0.308 e. The molecule has 8 heteroatoms. The first-order valence-corrected chi connectivity index (χ1v) is 13.2. The Morgan fingerprint density at radius 1 is 1.05 bits per heavy atom. The number of aliphatic hydroxyl groups excluding tert-OH is 2. The van der Waals surface area contributed by atoms with Crippen molar-refractivity contribution >= 4 is 18.0 Å². The number of carbonyl (C=O) groups excluding carboxylic acids is 2. The molecular formula is C31H35FN2O5. The van der Waals surface area contributed by atoms with Gasteiger partial charge in [-0.1, -0.05) is 48.5 Å². The first kappa shape index (κ1) is 28.3. The standard InChI is InChI=1S/C31H35FN2O5/c1-19(2)34-26(16-15-24(35)17-25(36)18-27(37)39-3)28(21-9-11-22(32)12-10-21)29(20-7-5-4-6-8-20)30(34)31(38)33-23-13-14-23/h4-12,15-16,19,23-25,35-36H,13-14,17-18H2,1-3H3,(H,33,38)/t24-,25-/m1/s1. The van der Waals surface area contributed by atoms with Crippen LogP contribution in [0, 0.1) is 5.82 Å². The van der Waals surface area contributed by atoms with Gasteiger partial charge >= 0.3 is 5.97 Å². The Balaban J connectivity index is 1.89. The third kappa shape index (κ3) is 6.82. The fourth-order valence-electron chi connectivity index (χ4n) is 4.73. The Morgan fingerprint density at radius 3 is 2.28 bits per heavy atom. The Hall–Kier alpha value is -3.75. The van der Waals surface area contributed by atoms with Crippen molar-refractivity contribution in [2.75, 3.05) is 7.11 Å². The molecule has 2 aromatic carbocycles. The van der Waals surface area contributed by atoms with E-state index in [1.165, 1.54) is 19.2 Å². The topological polar surface area (TPSA) is 101 Å². The van der Waals surface area contributed by atoms with E-state index in [2.05, 4.69) is 10.1 Å². The van der Waals surface area contributed by atoms with Gasteiger partial charge in [0.1, 0.15) is 11.5 Å². The molecule has 1 aromatic heterocycles. The van der Waals surface area contributed by atoms with Crippen LogP contribution in [0.1, 0.15) is 61.8 Å². The number of methoxy groups -OCH3 is 1. The van der Waals surface area contributed by atoms with E-state index in [1.807, 2.05) is 48.7 Å². The van der Waals surface area contributed by atoms with Gasteiger partial charge in [-0.05, 0) is 56.0 Å². The van der Waals surface area contributed by atoms with E-state index in [0.717, 1.165) is 29.5 Å². The minimum absolute atomic E-state index is 0.0690. The molecule has 1 fully saturated rings. The van der Waals surface area contributed by atoms with Gasteiger partial charge in [0.2, 0.25) is 0 Å². The second kappa shape index (κ2) is 12.4. The summed E-state index contributed by atoms with van der Waals surface area (Å²) in [7, 11) is 1.24. The van der Waals surface area contributed by atoms with Crippen molar-refractivity contribution in [2.45, 2.75) is 63.8 Å². The van der Waals surface area contributed by atoms with Crippen LogP contribution in [-0.4, -0.2) is 52.0 Å². The molecule has 0 saturated heterocycles. The highest BCUT2D eigenvalue weighted by molar-refractivity contribution is 6.06. The summed E-state index contributed by atoms with van der Waals surface area (Å²) < 4.78 is 20.5. The van der Waals surface area contributed by atoms with Crippen LogP contribution in [0.2, 0.25) is 0 Å². The number of hydrogen-bond acceptors (Lipinski definition) is 5. The summed E-state index contributed by atoms with van der Waals surface area (Å²) in [5.74, 6) is -1.13. The van der Waals surface area contributed by atoms with Crippen LogP contribution in [0.15, 0.2) is 60.7 Å². The van der Waals surface area contributed by atoms with Gasteiger partial charge < -0.3 is 24.8 Å². The SMILES string of the molecule is COC(=O)C[C@H](O)C[C@H](O)C=Cc1c(-c2ccc(F)cc2)c(-c2ccccc2)c(C(=O)NC2CC2)n1C(C)C. The van der Waals surface area contributed by atoms with Crippen molar-refractivity contribution in [2.24, 2.45) is 0 Å². The zero-order chi connectivity index (χ0) is 28.1. The number of amides is 1. The molecule has 0 bridgehead atoms. The van der Waals surface area contributed by atoms with Crippen molar-refractivity contribution < 1.29 is 28.9 Å². The molecule has 1 aliphatic carbocycles. The molecule has 39 heavy (non-hydrogen) atoms. The number of aromatic nitrogens is 1. The third-order valence-corrected chi connectivity index (χ3v) is 6.70. The lowest BCUT2D eigenvalue weighted by Crippen LogP contribution is -2.29. The van der Waals surface area contributed by atoms with Crippen LogP contribution in [0.25, 0.3) is 28.3 Å². The second-order valence-electron chi connectivity index (χ2n) is 10.2. The van der Waals surface area contributed by atoms with E-state index >= 15 is 0 Å². The van der Waals surface area contributed by atoms with Crippen molar-refractivity contribution in [3.05, 3.63) is 77.9 Å². The zero-order valence-electron chi connectivity index (χ0n) is 22.4. The average Bonchev–Trinajstić information content (AvgIpc) is 3.65. The number of carbonyl (C=O) groups is 2. The molecule has 7 nitrogen and oxygen atoms in total. The van der Waals surface area contributed by atoms with Crippen LogP contribution in [0.4, 0.5) is 4.39 Å². The Kier molecular flexibility index (Phi) is 8.99.